The lowest BCUT2D eigenvalue weighted by Gasteiger charge is -2.20. The lowest BCUT2D eigenvalue weighted by Crippen LogP contribution is -2.37. The number of rotatable bonds is 27. The average Bonchev–Trinajstić information content (AvgIpc) is 3.35. The molecule has 0 aliphatic rings. The molecule has 4 N–H and O–H groups in total. The zero-order chi connectivity index (χ0) is 52.2. The Morgan fingerprint density at radius 1 is 0.417 bits per heavy atom. The SMILES string of the molecule is CN(OC(=O)CCC(=O)ON(C)C(N)=NP(=O)(OCOC(=O)Cc1ccccc1)OCOC(=O)Cc1ccccc1)C(N)=NP(=O)(OCOC(=O)CCc1ccccc1)OCOC(=O)CCc1ccccc1. The van der Waals surface area contributed by atoms with Crippen molar-refractivity contribution in [2.45, 2.75) is 51.4 Å². The number of esters is 4. The van der Waals surface area contributed by atoms with Crippen LogP contribution >= 0.6 is 15.5 Å². The van der Waals surface area contributed by atoms with E-state index in [9.17, 15) is 37.9 Å². The van der Waals surface area contributed by atoms with Gasteiger partial charge < -0.3 is 40.1 Å². The van der Waals surface area contributed by atoms with Gasteiger partial charge >= 0.3 is 51.3 Å². The Morgan fingerprint density at radius 3 is 1.00 bits per heavy atom. The standard InChI is InChI=1S/C46H54N6O18P2/c1-51(45(47)49-71(59,65-31-61-39(53)25-23-35-15-7-3-8-16-35)66-32-62-40(54)26-24-36-17-9-4-10-18-36)69-41(55)27-28-42(56)70-52(2)46(48)50-72(60,67-33-63-43(57)29-37-19-11-5-12-20-37)68-34-64-44(58)30-38-21-13-6-14-22-38/h3-22H,23-34H2,1-2H3,(H2,47,49,59)(H2,48,50,60). The molecule has 24 nitrogen and oxygen atoms in total. The van der Waals surface area contributed by atoms with E-state index in [1.807, 2.05) is 36.4 Å². The molecule has 0 atom stereocenters. The summed E-state index contributed by atoms with van der Waals surface area (Å²) in [6.07, 6.45) is -1.04. The van der Waals surface area contributed by atoms with Gasteiger partial charge in [0.15, 0.2) is 0 Å². The second kappa shape index (κ2) is 30.3. The molecule has 0 bridgehead atoms. The van der Waals surface area contributed by atoms with Crippen LogP contribution in [0.25, 0.3) is 0 Å². The molecule has 0 spiro atoms. The first-order chi connectivity index (χ1) is 34.5. The van der Waals surface area contributed by atoms with E-state index in [1.165, 1.54) is 0 Å². The van der Waals surface area contributed by atoms with Crippen molar-refractivity contribution >= 4 is 63.2 Å². The van der Waals surface area contributed by atoms with Gasteiger partial charge in [-0.1, -0.05) is 121 Å². The molecule has 0 radical (unpaired) electrons. The Labute approximate surface area is 414 Å². The molecule has 386 valence electrons. The van der Waals surface area contributed by atoms with E-state index in [0.29, 0.717) is 34.1 Å². The Kier molecular flexibility index (Phi) is 24.1. The van der Waals surface area contributed by atoms with Crippen molar-refractivity contribution in [3.8, 4) is 0 Å². The number of aryl methyl sites for hydroxylation is 2. The Hall–Kier alpha value is -7.46. The van der Waals surface area contributed by atoms with Crippen LogP contribution in [0.15, 0.2) is 131 Å². The highest BCUT2D eigenvalue weighted by Crippen LogP contribution is 2.51. The van der Waals surface area contributed by atoms with Gasteiger partial charge in [-0.05, 0) is 35.1 Å². The van der Waals surface area contributed by atoms with Gasteiger partial charge in [-0.3, -0.25) is 37.3 Å². The molecule has 0 unspecified atom stereocenters. The molecule has 0 fully saturated rings. The second-order valence-corrected chi connectivity index (χ2v) is 17.9. The molecule has 4 aromatic rings. The van der Waals surface area contributed by atoms with E-state index < -0.39 is 103 Å². The molecule has 4 rings (SSSR count). The Bertz CT molecular complexity index is 2410. The number of ether oxygens (including phenoxy) is 4. The summed E-state index contributed by atoms with van der Waals surface area (Å²) < 4.78 is 75.3. The zero-order valence-electron chi connectivity index (χ0n) is 39.2. The van der Waals surface area contributed by atoms with E-state index in [4.69, 9.17) is 58.2 Å². The predicted octanol–water partition coefficient (Wildman–Crippen LogP) is 5.21. The molecule has 0 saturated carbocycles. The maximum atomic E-state index is 13.7. The summed E-state index contributed by atoms with van der Waals surface area (Å²) in [7, 11) is -7.40. The predicted molar refractivity (Wildman–Crippen MR) is 253 cm³/mol. The molecule has 0 aliphatic carbocycles. The highest BCUT2D eigenvalue weighted by molar-refractivity contribution is 7.52. The van der Waals surface area contributed by atoms with Crippen LogP contribution in [0.2, 0.25) is 0 Å². The molecule has 0 heterocycles. The number of hydrogen-bond acceptors (Lipinski definition) is 18. The minimum absolute atomic E-state index is 0.0509. The number of benzene rings is 4. The quantitative estimate of drug-likeness (QED) is 0.0147. The largest absolute Gasteiger partial charge is 0.462 e. The topological polar surface area (TPSA) is 312 Å². The molecule has 0 amide bonds. The number of hydroxylamine groups is 4. The van der Waals surface area contributed by atoms with Crippen LogP contribution in [-0.2, 0) is 110 Å². The Balaban J connectivity index is 1.30. The van der Waals surface area contributed by atoms with Crippen molar-refractivity contribution in [3.63, 3.8) is 0 Å². The van der Waals surface area contributed by atoms with Crippen molar-refractivity contribution in [1.82, 2.24) is 10.1 Å². The first kappa shape index (κ1) is 57.1. The van der Waals surface area contributed by atoms with Crippen LogP contribution in [0.4, 0.5) is 0 Å². The van der Waals surface area contributed by atoms with Crippen molar-refractivity contribution in [2.24, 2.45) is 21.0 Å². The molecule has 26 heteroatoms. The second-order valence-electron chi connectivity index (χ2n) is 14.6. The van der Waals surface area contributed by atoms with E-state index in [2.05, 4.69) is 9.53 Å². The number of nitrogens with zero attached hydrogens (tertiary/aromatic N) is 4. The molecule has 4 aromatic carbocycles. The molecule has 0 aliphatic heterocycles. The zero-order valence-corrected chi connectivity index (χ0v) is 41.0. The number of carbonyl (C=O) groups excluding carboxylic acids is 6. The van der Waals surface area contributed by atoms with Crippen LogP contribution in [-0.4, -0.2) is 99.1 Å². The average molecular weight is 1040 g/mol. The first-order valence-corrected chi connectivity index (χ1v) is 24.7. The van der Waals surface area contributed by atoms with Gasteiger partial charge in [0.1, 0.15) is 0 Å². The van der Waals surface area contributed by atoms with Crippen LogP contribution in [0.5, 0.6) is 0 Å². The van der Waals surface area contributed by atoms with Gasteiger partial charge in [-0.25, -0.2) is 18.7 Å². The van der Waals surface area contributed by atoms with E-state index in [0.717, 1.165) is 25.2 Å². The van der Waals surface area contributed by atoms with Gasteiger partial charge in [0.05, 0.1) is 25.7 Å². The van der Waals surface area contributed by atoms with Crippen LogP contribution in [0.3, 0.4) is 0 Å². The van der Waals surface area contributed by atoms with Crippen LogP contribution < -0.4 is 11.5 Å². The van der Waals surface area contributed by atoms with E-state index in [-0.39, 0.29) is 25.7 Å². The third-order valence-electron chi connectivity index (χ3n) is 9.15. The molecule has 0 saturated heterocycles. The fourth-order valence-electron chi connectivity index (χ4n) is 5.45. The summed E-state index contributed by atoms with van der Waals surface area (Å²) in [4.78, 5) is 85.0. The highest BCUT2D eigenvalue weighted by Gasteiger charge is 2.30. The number of guanidine groups is 2. The van der Waals surface area contributed by atoms with Crippen molar-refractivity contribution in [1.29, 1.82) is 0 Å². The monoisotopic (exact) mass is 1040 g/mol. The number of nitrogens with two attached hydrogens (primary N) is 2. The first-order valence-electron chi connectivity index (χ1n) is 21.7. The van der Waals surface area contributed by atoms with Gasteiger partial charge in [0, 0.05) is 26.9 Å². The maximum absolute atomic E-state index is 13.7. The van der Waals surface area contributed by atoms with Gasteiger partial charge in [0.25, 0.3) is 0 Å². The third kappa shape index (κ3) is 23.0. The van der Waals surface area contributed by atoms with Gasteiger partial charge in [-0.15, -0.1) is 9.53 Å². The van der Waals surface area contributed by atoms with Crippen molar-refractivity contribution < 1.29 is 84.6 Å². The van der Waals surface area contributed by atoms with Crippen LogP contribution in [0.1, 0.15) is 47.9 Å². The summed E-state index contributed by atoms with van der Waals surface area (Å²) in [5.41, 5.74) is 14.8. The van der Waals surface area contributed by atoms with E-state index >= 15 is 0 Å². The lowest BCUT2D eigenvalue weighted by molar-refractivity contribution is -0.176. The summed E-state index contributed by atoms with van der Waals surface area (Å²) in [6.45, 7) is -3.74. The van der Waals surface area contributed by atoms with Crippen LogP contribution in [0, 0.1) is 0 Å². The lowest BCUT2D eigenvalue weighted by atomic mass is 10.1. The summed E-state index contributed by atoms with van der Waals surface area (Å²) >= 11 is 0. The fraction of sp³-hybridized carbons (Fsp3) is 0.304. The normalized spacial score (nSPS) is 11.7. The van der Waals surface area contributed by atoms with E-state index in [1.54, 1.807) is 84.9 Å². The maximum Gasteiger partial charge on any atom is 0.462 e. The minimum Gasteiger partial charge on any atom is -0.438 e. The number of hydrogen-bond donors (Lipinski definition) is 2. The minimum atomic E-state index is -4.78. The summed E-state index contributed by atoms with van der Waals surface area (Å²) in [5, 5.41) is 1.10. The van der Waals surface area contributed by atoms with Gasteiger partial charge in [0.2, 0.25) is 39.1 Å². The third-order valence-corrected chi connectivity index (χ3v) is 11.8. The highest BCUT2D eigenvalue weighted by atomic mass is 31.2. The summed E-state index contributed by atoms with van der Waals surface area (Å²) in [5.74, 6) is -6.69. The smallest absolute Gasteiger partial charge is 0.438 e. The molecular weight excluding hydrogens is 986 g/mol. The molecule has 72 heavy (non-hydrogen) atoms. The molecule has 0 aromatic heterocycles. The molecular formula is C46H54N6O18P2. The van der Waals surface area contributed by atoms with Crippen molar-refractivity contribution in [2.75, 3.05) is 41.3 Å². The van der Waals surface area contributed by atoms with Gasteiger partial charge in [-0.2, -0.15) is 10.1 Å². The number of carbonyl (C=O) groups is 6. The summed E-state index contributed by atoms with van der Waals surface area (Å²) in [6, 6.07) is 35.2. The Morgan fingerprint density at radius 2 is 0.694 bits per heavy atom. The fourth-order valence-corrected chi connectivity index (χ4v) is 7.33. The van der Waals surface area contributed by atoms with Crippen molar-refractivity contribution in [3.05, 3.63) is 144 Å².